The number of ether oxygens (including phenoxy) is 2. The number of amides is 1. The molecule has 1 aromatic carbocycles. The Labute approximate surface area is 146 Å². The molecule has 1 saturated carbocycles. The Hall–Kier alpha value is -2.02. The number of thiocarbonyl (C=S) groups is 1. The number of benzene rings is 1. The van der Waals surface area contributed by atoms with Crippen molar-refractivity contribution in [2.45, 2.75) is 32.2 Å². The van der Waals surface area contributed by atoms with E-state index in [0.29, 0.717) is 11.7 Å². The molecule has 0 aromatic heterocycles. The highest BCUT2D eigenvalue weighted by Gasteiger charge is 2.35. The van der Waals surface area contributed by atoms with Gasteiger partial charge in [0.2, 0.25) is 12.7 Å². The van der Waals surface area contributed by atoms with Crippen molar-refractivity contribution in [3.05, 3.63) is 23.8 Å². The molecule has 2 aliphatic heterocycles. The van der Waals surface area contributed by atoms with Crippen LogP contribution in [0.2, 0.25) is 0 Å². The lowest BCUT2D eigenvalue weighted by Crippen LogP contribution is -2.51. The zero-order valence-corrected chi connectivity index (χ0v) is 14.3. The van der Waals surface area contributed by atoms with Gasteiger partial charge in [0.05, 0.1) is 0 Å². The van der Waals surface area contributed by atoms with E-state index >= 15 is 0 Å². The quantitative estimate of drug-likeness (QED) is 0.845. The minimum Gasteiger partial charge on any atom is -0.454 e. The van der Waals surface area contributed by atoms with E-state index in [1.807, 2.05) is 28.2 Å². The first kappa shape index (κ1) is 15.5. The fourth-order valence-electron chi connectivity index (χ4n) is 3.24. The Morgan fingerprint density at radius 2 is 1.96 bits per heavy atom. The first-order valence-corrected chi connectivity index (χ1v) is 8.88. The molecule has 1 aliphatic carbocycles. The number of nitrogens with one attached hydrogen (secondary N) is 1. The van der Waals surface area contributed by atoms with Gasteiger partial charge in [-0.2, -0.15) is 0 Å². The average Bonchev–Trinajstić information content (AvgIpc) is 3.19. The number of rotatable bonds is 3. The van der Waals surface area contributed by atoms with Crippen molar-refractivity contribution in [2.24, 2.45) is 5.92 Å². The Morgan fingerprint density at radius 1 is 1.17 bits per heavy atom. The van der Waals surface area contributed by atoms with Crippen LogP contribution in [0.1, 0.15) is 31.2 Å². The molecule has 3 aliphatic rings. The fourth-order valence-corrected chi connectivity index (χ4v) is 3.50. The molecule has 0 spiro atoms. The van der Waals surface area contributed by atoms with Crippen LogP contribution >= 0.6 is 12.2 Å². The van der Waals surface area contributed by atoms with Crippen LogP contribution in [0.3, 0.4) is 0 Å². The lowest BCUT2D eigenvalue weighted by molar-refractivity contribution is -0.146. The van der Waals surface area contributed by atoms with Gasteiger partial charge in [0.25, 0.3) is 0 Å². The summed E-state index contributed by atoms with van der Waals surface area (Å²) in [6.07, 6.45) is 4.16. The molecule has 4 rings (SSSR count). The van der Waals surface area contributed by atoms with Gasteiger partial charge in [0, 0.05) is 25.6 Å². The molecule has 24 heavy (non-hydrogen) atoms. The van der Waals surface area contributed by atoms with Gasteiger partial charge in [-0.15, -0.1) is 0 Å². The van der Waals surface area contributed by atoms with Crippen LogP contribution in [0.5, 0.6) is 11.5 Å². The Kier molecular flexibility index (Phi) is 4.18. The SMILES string of the molecule is O=C(C1CCC1)N1CCCN1C(=S)NCc1ccc2c(c1)OCO2. The van der Waals surface area contributed by atoms with Crippen molar-refractivity contribution in [3.63, 3.8) is 0 Å². The van der Waals surface area contributed by atoms with Gasteiger partial charge in [-0.25, -0.2) is 0 Å². The Bertz CT molecular complexity index is 662. The largest absolute Gasteiger partial charge is 0.454 e. The van der Waals surface area contributed by atoms with Crippen molar-refractivity contribution in [2.75, 3.05) is 19.9 Å². The number of hydrazine groups is 1. The topological polar surface area (TPSA) is 54.0 Å². The zero-order chi connectivity index (χ0) is 16.5. The van der Waals surface area contributed by atoms with Crippen LogP contribution in [0.25, 0.3) is 0 Å². The molecule has 2 heterocycles. The standard InChI is InChI=1S/C17H21N3O3S/c21-16(13-3-1-4-13)19-7-2-8-20(19)17(24)18-10-12-5-6-14-15(9-12)23-11-22-14/h5-6,9,13H,1-4,7-8,10-11H2,(H,18,24). The third-order valence-electron chi connectivity index (χ3n) is 4.86. The highest BCUT2D eigenvalue weighted by atomic mass is 32.1. The summed E-state index contributed by atoms with van der Waals surface area (Å²) in [7, 11) is 0. The van der Waals surface area contributed by atoms with Crippen molar-refractivity contribution in [1.82, 2.24) is 15.3 Å². The van der Waals surface area contributed by atoms with Crippen LogP contribution in [0.15, 0.2) is 18.2 Å². The first-order valence-electron chi connectivity index (χ1n) is 8.47. The molecule has 2 fully saturated rings. The number of carbonyl (C=O) groups excluding carboxylic acids is 1. The van der Waals surface area contributed by atoms with Crippen LogP contribution < -0.4 is 14.8 Å². The van der Waals surface area contributed by atoms with Crippen LogP contribution in [0, 0.1) is 5.92 Å². The lowest BCUT2D eigenvalue weighted by atomic mass is 9.84. The number of fused-ring (bicyclic) bond motifs is 1. The van der Waals surface area contributed by atoms with Gasteiger partial charge in [-0.05, 0) is 49.2 Å². The molecule has 1 N–H and O–H groups in total. The number of hydrogen-bond donors (Lipinski definition) is 1. The fraction of sp³-hybridized carbons (Fsp3) is 0.529. The molecule has 0 unspecified atom stereocenters. The minimum absolute atomic E-state index is 0.197. The highest BCUT2D eigenvalue weighted by molar-refractivity contribution is 7.80. The molecule has 0 radical (unpaired) electrons. The van der Waals surface area contributed by atoms with E-state index in [1.54, 1.807) is 0 Å². The maximum Gasteiger partial charge on any atom is 0.244 e. The molecule has 7 heteroatoms. The van der Waals surface area contributed by atoms with E-state index in [4.69, 9.17) is 21.7 Å². The van der Waals surface area contributed by atoms with E-state index in [-0.39, 0.29) is 18.6 Å². The molecule has 1 aromatic rings. The second-order valence-corrected chi connectivity index (χ2v) is 6.80. The predicted molar refractivity (Wildman–Crippen MR) is 92.4 cm³/mol. The third-order valence-corrected chi connectivity index (χ3v) is 5.21. The number of nitrogens with zero attached hydrogens (tertiary/aromatic N) is 2. The summed E-state index contributed by atoms with van der Waals surface area (Å²) in [5.41, 5.74) is 1.07. The van der Waals surface area contributed by atoms with Gasteiger partial charge in [-0.3, -0.25) is 14.8 Å². The first-order chi connectivity index (χ1) is 11.7. The Morgan fingerprint density at radius 3 is 2.75 bits per heavy atom. The lowest BCUT2D eigenvalue weighted by Gasteiger charge is -2.35. The molecular weight excluding hydrogens is 326 g/mol. The number of hydrogen-bond acceptors (Lipinski definition) is 4. The van der Waals surface area contributed by atoms with Gasteiger partial charge >= 0.3 is 0 Å². The molecule has 0 bridgehead atoms. The molecule has 0 atom stereocenters. The average molecular weight is 347 g/mol. The van der Waals surface area contributed by atoms with E-state index in [0.717, 1.165) is 55.8 Å². The monoisotopic (exact) mass is 347 g/mol. The highest BCUT2D eigenvalue weighted by Crippen LogP contribution is 2.32. The van der Waals surface area contributed by atoms with Crippen LogP contribution in [0.4, 0.5) is 0 Å². The summed E-state index contributed by atoms with van der Waals surface area (Å²) in [6, 6.07) is 5.86. The third kappa shape index (κ3) is 2.88. The maximum absolute atomic E-state index is 12.5. The minimum atomic E-state index is 0.197. The zero-order valence-electron chi connectivity index (χ0n) is 13.5. The van der Waals surface area contributed by atoms with Crippen LogP contribution in [-0.2, 0) is 11.3 Å². The summed E-state index contributed by atoms with van der Waals surface area (Å²) in [4.78, 5) is 12.5. The smallest absolute Gasteiger partial charge is 0.244 e. The normalized spacial score (nSPS) is 19.3. The van der Waals surface area contributed by atoms with Crippen LogP contribution in [-0.4, -0.2) is 40.9 Å². The van der Waals surface area contributed by atoms with E-state index < -0.39 is 0 Å². The van der Waals surface area contributed by atoms with Gasteiger partial charge in [0.15, 0.2) is 16.6 Å². The van der Waals surface area contributed by atoms with Gasteiger partial charge < -0.3 is 14.8 Å². The molecule has 1 amide bonds. The summed E-state index contributed by atoms with van der Waals surface area (Å²) < 4.78 is 10.7. The van der Waals surface area contributed by atoms with Gasteiger partial charge in [-0.1, -0.05) is 12.5 Å². The summed E-state index contributed by atoms with van der Waals surface area (Å²) in [5.74, 6) is 1.97. The molecular formula is C17H21N3O3S. The van der Waals surface area contributed by atoms with E-state index in [9.17, 15) is 4.79 Å². The van der Waals surface area contributed by atoms with Crippen molar-refractivity contribution < 1.29 is 14.3 Å². The Balaban J connectivity index is 1.36. The second-order valence-electron chi connectivity index (χ2n) is 6.41. The molecule has 6 nitrogen and oxygen atoms in total. The van der Waals surface area contributed by atoms with Crippen molar-refractivity contribution >= 4 is 23.2 Å². The summed E-state index contributed by atoms with van der Waals surface area (Å²) >= 11 is 5.51. The molecule has 1 saturated heterocycles. The second kappa shape index (κ2) is 6.47. The summed E-state index contributed by atoms with van der Waals surface area (Å²) in [5, 5.41) is 7.62. The van der Waals surface area contributed by atoms with E-state index in [1.165, 1.54) is 0 Å². The van der Waals surface area contributed by atoms with Gasteiger partial charge in [0.1, 0.15) is 0 Å². The maximum atomic E-state index is 12.5. The summed E-state index contributed by atoms with van der Waals surface area (Å²) in [6.45, 7) is 2.43. The van der Waals surface area contributed by atoms with Crippen molar-refractivity contribution in [3.8, 4) is 11.5 Å². The van der Waals surface area contributed by atoms with Crippen molar-refractivity contribution in [1.29, 1.82) is 0 Å². The van der Waals surface area contributed by atoms with E-state index in [2.05, 4.69) is 5.32 Å². The number of carbonyl (C=O) groups is 1. The predicted octanol–water partition coefficient (Wildman–Crippen LogP) is 2.04. The molecule has 128 valence electrons.